The van der Waals surface area contributed by atoms with Crippen LogP contribution in [0, 0.1) is 0 Å². The van der Waals surface area contributed by atoms with Gasteiger partial charge in [-0.3, -0.25) is 9.59 Å². The summed E-state index contributed by atoms with van der Waals surface area (Å²) in [6, 6.07) is 17.6. The summed E-state index contributed by atoms with van der Waals surface area (Å²) in [5.74, 6) is 1.39. The fourth-order valence-electron chi connectivity index (χ4n) is 8.59. The molecular formula is C50H66F6MnN2O4P-. The predicted molar refractivity (Wildman–Crippen MR) is 244 cm³/mol. The Balaban J connectivity index is 0.00000125. The number of hydrogen-bond acceptors (Lipinski definition) is 6. The van der Waals surface area contributed by atoms with E-state index in [-0.39, 0.29) is 63.4 Å². The minimum absolute atomic E-state index is 0. The molecule has 0 aromatic heterocycles. The SMILES string of the molecule is CC[C@H](C1=C(C)C(OC)=C/C(=C/N[C@H]2CCCC[C@@H]2N/C=C2/C=C(OC)C(C)=C([C@@H](CC)c3ccc(C(C)(C)C)cc3)C2=O)C1=O)c1ccc(C(C)(C)C)cc1.F[P-](F)(F)(F)(F)F.[Mn]. The molecule has 64 heavy (non-hydrogen) atoms. The smallest absolute Gasteiger partial charge is 0 e. The second kappa shape index (κ2) is 20.2. The summed E-state index contributed by atoms with van der Waals surface area (Å²) in [4.78, 5) is 28.7. The molecule has 355 valence electrons. The maximum absolute atomic E-state index is 14.3. The summed E-state index contributed by atoms with van der Waals surface area (Å²) in [7, 11) is -7.31. The second-order valence-electron chi connectivity index (χ2n) is 18.8. The largest absolute Gasteiger partial charge is 0 e. The molecule has 4 atom stereocenters. The molecule has 0 saturated heterocycles. The first-order valence-corrected chi connectivity index (χ1v) is 23.7. The molecule has 14 heteroatoms. The van der Waals surface area contributed by atoms with E-state index >= 15 is 0 Å². The normalized spacial score (nSPS) is 22.0. The average Bonchev–Trinajstić information content (AvgIpc) is 3.19. The molecule has 0 amide bonds. The van der Waals surface area contributed by atoms with Gasteiger partial charge in [0.1, 0.15) is 11.5 Å². The predicted octanol–water partition coefficient (Wildman–Crippen LogP) is 14.5. The monoisotopic (exact) mass is 958 g/mol. The summed E-state index contributed by atoms with van der Waals surface area (Å²) in [6.45, 7) is 21.6. The Morgan fingerprint density at radius 2 is 0.922 bits per heavy atom. The number of carbonyl (C=O) groups excluding carboxylic acids is 2. The van der Waals surface area contributed by atoms with E-state index in [1.165, 1.54) is 11.1 Å². The topological polar surface area (TPSA) is 76.7 Å². The van der Waals surface area contributed by atoms with Crippen LogP contribution in [0.15, 0.2) is 118 Å². The van der Waals surface area contributed by atoms with E-state index in [1.807, 2.05) is 38.4 Å². The van der Waals surface area contributed by atoms with E-state index in [1.54, 1.807) is 14.2 Å². The van der Waals surface area contributed by atoms with Gasteiger partial charge in [0.2, 0.25) is 0 Å². The maximum Gasteiger partial charge on any atom is 0 e. The van der Waals surface area contributed by atoms with E-state index in [0.29, 0.717) is 22.7 Å². The molecule has 2 aromatic rings. The summed E-state index contributed by atoms with van der Waals surface area (Å²) in [6.07, 6.45) is 13.2. The Morgan fingerprint density at radius 3 is 1.17 bits per heavy atom. The van der Waals surface area contributed by atoms with Gasteiger partial charge in [-0.25, -0.2) is 0 Å². The summed E-state index contributed by atoms with van der Waals surface area (Å²) in [5, 5.41) is 7.28. The van der Waals surface area contributed by atoms with E-state index < -0.39 is 7.81 Å². The van der Waals surface area contributed by atoms with Gasteiger partial charge in [-0.2, -0.15) is 0 Å². The Kier molecular flexibility index (Phi) is 17.1. The zero-order chi connectivity index (χ0) is 47.4. The number of ketones is 2. The van der Waals surface area contributed by atoms with Crippen LogP contribution in [0.5, 0.6) is 0 Å². The third-order valence-electron chi connectivity index (χ3n) is 12.1. The fraction of sp³-hybridized carbons (Fsp3) is 0.480. The molecule has 2 aromatic carbocycles. The van der Waals surface area contributed by atoms with Crippen LogP contribution in [-0.2, 0) is 47.0 Å². The van der Waals surface area contributed by atoms with Crippen molar-refractivity contribution in [1.82, 2.24) is 10.6 Å². The molecular weight excluding hydrogens is 892 g/mol. The van der Waals surface area contributed by atoms with E-state index in [0.717, 1.165) is 71.9 Å². The number of nitrogens with one attached hydrogen (secondary N) is 2. The van der Waals surface area contributed by atoms with Gasteiger partial charge in [0.05, 0.1) is 14.2 Å². The number of hydrogen-bond donors (Lipinski definition) is 2. The minimum atomic E-state index is -10.7. The molecule has 1 saturated carbocycles. The van der Waals surface area contributed by atoms with Crippen LogP contribution in [0.25, 0.3) is 0 Å². The third kappa shape index (κ3) is 14.7. The third-order valence-corrected chi connectivity index (χ3v) is 12.1. The quantitative estimate of drug-likeness (QED) is 0.0955. The molecule has 5 rings (SSSR count). The van der Waals surface area contributed by atoms with E-state index in [4.69, 9.17) is 9.47 Å². The van der Waals surface area contributed by atoms with Crippen molar-refractivity contribution in [3.8, 4) is 0 Å². The molecule has 0 aliphatic heterocycles. The van der Waals surface area contributed by atoms with Gasteiger partial charge in [-0.15, -0.1) is 0 Å². The van der Waals surface area contributed by atoms with Gasteiger partial charge in [0.15, 0.2) is 11.6 Å². The molecule has 0 spiro atoms. The zero-order valence-corrected chi connectivity index (χ0v) is 41.3. The molecule has 0 unspecified atom stereocenters. The van der Waals surface area contributed by atoms with Crippen LogP contribution >= 0.6 is 7.81 Å². The van der Waals surface area contributed by atoms with Crippen LogP contribution in [0.2, 0.25) is 0 Å². The standard InChI is InChI=1S/C50H66N2O4.F6P.Mn/c1-13-39(33-19-23-37(24-20-33)49(5,6)7)45-31(3)43(55-11)27-35(47(45)53)29-51-41-17-15-16-18-42(41)52-30-36-28-44(56-12)32(4)46(48(36)54)40(14-2)34-21-25-38(26-22-34)50(8,9)10;1-7(2,3,4,5)6;/h19-30,39-42,51-52H,13-18H2,1-12H3;;/q;-1;/b35-29-,36-30-;;/t39-,40-,41-,42-;;/m0../s1. The van der Waals surface area contributed by atoms with Crippen molar-refractivity contribution < 1.29 is 61.3 Å². The van der Waals surface area contributed by atoms with Crippen molar-refractivity contribution in [2.75, 3.05) is 14.2 Å². The van der Waals surface area contributed by atoms with Crippen molar-refractivity contribution in [1.29, 1.82) is 0 Å². The van der Waals surface area contributed by atoms with Crippen LogP contribution in [0.4, 0.5) is 25.2 Å². The van der Waals surface area contributed by atoms with E-state index in [9.17, 15) is 34.8 Å². The molecule has 2 N–H and O–H groups in total. The number of halogens is 6. The van der Waals surface area contributed by atoms with Gasteiger partial charge in [-0.1, -0.05) is 117 Å². The Bertz CT molecular complexity index is 2060. The first-order chi connectivity index (χ1) is 29.0. The van der Waals surface area contributed by atoms with Crippen molar-refractivity contribution in [3.05, 3.63) is 140 Å². The maximum atomic E-state index is 14.3. The molecule has 1 fully saturated rings. The minimum Gasteiger partial charge on any atom is 0 e. The van der Waals surface area contributed by atoms with E-state index in [2.05, 4.69) is 115 Å². The van der Waals surface area contributed by atoms with Crippen molar-refractivity contribution in [2.24, 2.45) is 0 Å². The molecule has 3 aliphatic carbocycles. The van der Waals surface area contributed by atoms with Crippen molar-refractivity contribution >= 4 is 19.4 Å². The molecule has 0 bridgehead atoms. The Labute approximate surface area is 386 Å². The first-order valence-electron chi connectivity index (χ1n) is 21.7. The van der Waals surface area contributed by atoms with Crippen LogP contribution in [0.1, 0.15) is 142 Å². The summed E-state index contributed by atoms with van der Waals surface area (Å²) in [5.41, 5.74) is 9.47. The van der Waals surface area contributed by atoms with Crippen molar-refractivity contribution in [2.45, 2.75) is 143 Å². The number of allylic oxidation sites excluding steroid dienone is 8. The summed E-state index contributed by atoms with van der Waals surface area (Å²) >= 11 is 0. The second-order valence-corrected chi connectivity index (χ2v) is 20.7. The van der Waals surface area contributed by atoms with Gasteiger partial charge in [0.25, 0.3) is 0 Å². The fourth-order valence-corrected chi connectivity index (χ4v) is 8.59. The molecule has 6 nitrogen and oxygen atoms in total. The molecule has 0 heterocycles. The first kappa shape index (κ1) is 54.3. The Morgan fingerprint density at radius 1 is 0.625 bits per heavy atom. The number of Topliss-reactive ketones (excluding diaryl/α,β-unsaturated/α-hetero) is 2. The molecule has 3 aliphatic rings. The van der Waals surface area contributed by atoms with Gasteiger partial charge < -0.3 is 20.1 Å². The number of rotatable bonds is 12. The number of methoxy groups -OCH3 is 2. The van der Waals surface area contributed by atoms with Crippen molar-refractivity contribution in [3.63, 3.8) is 0 Å². The van der Waals surface area contributed by atoms with Gasteiger partial charge in [0, 0.05) is 75.7 Å². The Hall–Kier alpha value is -4.05. The number of ether oxygens (including phenoxy) is 2. The van der Waals surface area contributed by atoms with Gasteiger partial charge in [-0.05, 0) is 95.9 Å². The number of carbonyl (C=O) groups is 2. The number of benzene rings is 2. The summed E-state index contributed by atoms with van der Waals surface area (Å²) < 4.78 is 70.9. The molecule has 1 radical (unpaired) electrons. The van der Waals surface area contributed by atoms with Crippen LogP contribution < -0.4 is 10.6 Å². The van der Waals surface area contributed by atoms with Crippen LogP contribution in [-0.4, -0.2) is 37.9 Å². The van der Waals surface area contributed by atoms with Gasteiger partial charge >= 0.3 is 33.0 Å². The average molecular weight is 959 g/mol. The van der Waals surface area contributed by atoms with Crippen LogP contribution in [0.3, 0.4) is 0 Å². The zero-order valence-electron chi connectivity index (χ0n) is 39.2.